The van der Waals surface area contributed by atoms with Crippen LogP contribution in [0.1, 0.15) is 57.8 Å². The van der Waals surface area contributed by atoms with Gasteiger partial charge in [0.25, 0.3) is 0 Å². The summed E-state index contributed by atoms with van der Waals surface area (Å²) < 4.78 is 5.49. The Morgan fingerprint density at radius 2 is 1.68 bits per heavy atom. The summed E-state index contributed by atoms with van der Waals surface area (Å²) in [6, 6.07) is 0.165. The number of hydrogen-bond acceptors (Lipinski definition) is 4. The SMILES string of the molecule is O=C1C[C@H]([C@@H]2CCCC=C2N2CCOCC2)C(=O)N1C1CCCCC1. The lowest BCUT2D eigenvalue weighted by Gasteiger charge is -2.39. The Morgan fingerprint density at radius 1 is 0.920 bits per heavy atom. The molecule has 1 saturated carbocycles. The number of carbonyl (C=O) groups is 2. The number of hydrogen-bond donors (Lipinski definition) is 0. The second-order valence-corrected chi connectivity index (χ2v) is 7.97. The van der Waals surface area contributed by atoms with Gasteiger partial charge in [-0.05, 0) is 32.1 Å². The van der Waals surface area contributed by atoms with E-state index >= 15 is 0 Å². The fourth-order valence-electron chi connectivity index (χ4n) is 5.19. The standard InChI is InChI=1S/C20H30N2O3/c23-19-14-17(20(24)22(19)15-6-2-1-3-7-15)16-8-4-5-9-18(16)21-10-12-25-13-11-21/h9,15-17H,1-8,10-14H2/t16-,17+/m0/s1. The van der Waals surface area contributed by atoms with Gasteiger partial charge in [0.2, 0.25) is 11.8 Å². The maximum Gasteiger partial charge on any atom is 0.233 e. The number of nitrogens with zero attached hydrogens (tertiary/aromatic N) is 2. The predicted molar refractivity (Wildman–Crippen MR) is 94.6 cm³/mol. The van der Waals surface area contributed by atoms with Crippen molar-refractivity contribution in [2.75, 3.05) is 26.3 Å². The highest BCUT2D eigenvalue weighted by Gasteiger charge is 2.47. The molecule has 2 atom stereocenters. The zero-order chi connectivity index (χ0) is 17.2. The molecule has 0 aromatic heterocycles. The van der Waals surface area contributed by atoms with E-state index in [2.05, 4.69) is 11.0 Å². The van der Waals surface area contributed by atoms with Crippen molar-refractivity contribution in [3.8, 4) is 0 Å². The fraction of sp³-hybridized carbons (Fsp3) is 0.800. The number of likely N-dealkylation sites (tertiary alicyclic amines) is 1. The molecule has 0 aromatic carbocycles. The Morgan fingerprint density at radius 3 is 2.44 bits per heavy atom. The van der Waals surface area contributed by atoms with Crippen LogP contribution < -0.4 is 0 Å². The Bertz CT molecular complexity index is 547. The summed E-state index contributed by atoms with van der Waals surface area (Å²) in [6.07, 6.45) is 11.5. The number of morpholine rings is 1. The number of imide groups is 1. The van der Waals surface area contributed by atoms with Gasteiger partial charge in [-0.15, -0.1) is 0 Å². The average Bonchev–Trinajstić information content (AvgIpc) is 2.97. The van der Waals surface area contributed by atoms with Crippen LogP contribution >= 0.6 is 0 Å². The molecule has 0 aromatic rings. The van der Waals surface area contributed by atoms with Gasteiger partial charge < -0.3 is 9.64 Å². The van der Waals surface area contributed by atoms with E-state index in [-0.39, 0.29) is 29.7 Å². The van der Waals surface area contributed by atoms with Gasteiger partial charge in [-0.25, -0.2) is 0 Å². The molecule has 4 rings (SSSR count). The predicted octanol–water partition coefficient (Wildman–Crippen LogP) is 2.71. The Labute approximate surface area is 150 Å². The third-order valence-corrected chi connectivity index (χ3v) is 6.47. The highest BCUT2D eigenvalue weighted by Crippen LogP contribution is 2.40. The highest BCUT2D eigenvalue weighted by molar-refractivity contribution is 6.04. The molecule has 25 heavy (non-hydrogen) atoms. The molecule has 0 unspecified atom stereocenters. The van der Waals surface area contributed by atoms with Crippen LogP contribution in [0.2, 0.25) is 0 Å². The summed E-state index contributed by atoms with van der Waals surface area (Å²) in [5, 5.41) is 0. The minimum Gasteiger partial charge on any atom is -0.378 e. The third kappa shape index (κ3) is 3.35. The van der Waals surface area contributed by atoms with Gasteiger partial charge in [0.05, 0.1) is 19.1 Å². The molecule has 4 aliphatic rings. The number of carbonyl (C=O) groups excluding carboxylic acids is 2. The monoisotopic (exact) mass is 346 g/mol. The van der Waals surface area contributed by atoms with Crippen molar-refractivity contribution in [3.63, 3.8) is 0 Å². The van der Waals surface area contributed by atoms with Crippen LogP contribution in [-0.2, 0) is 14.3 Å². The molecule has 2 aliphatic heterocycles. The molecule has 0 N–H and O–H groups in total. The van der Waals surface area contributed by atoms with Crippen LogP contribution in [0.25, 0.3) is 0 Å². The van der Waals surface area contributed by atoms with Crippen molar-refractivity contribution >= 4 is 11.8 Å². The van der Waals surface area contributed by atoms with Crippen molar-refractivity contribution in [1.82, 2.24) is 9.80 Å². The van der Waals surface area contributed by atoms with E-state index in [9.17, 15) is 9.59 Å². The Balaban J connectivity index is 1.51. The number of allylic oxidation sites excluding steroid dienone is 2. The summed E-state index contributed by atoms with van der Waals surface area (Å²) in [7, 11) is 0. The molecule has 2 aliphatic carbocycles. The summed E-state index contributed by atoms with van der Waals surface area (Å²) in [5.74, 6) is 0.275. The van der Waals surface area contributed by atoms with E-state index in [1.54, 1.807) is 4.90 Å². The first kappa shape index (κ1) is 17.1. The quantitative estimate of drug-likeness (QED) is 0.737. The number of ether oxygens (including phenoxy) is 1. The largest absolute Gasteiger partial charge is 0.378 e. The van der Waals surface area contributed by atoms with Crippen molar-refractivity contribution in [3.05, 3.63) is 11.8 Å². The van der Waals surface area contributed by atoms with Crippen molar-refractivity contribution in [1.29, 1.82) is 0 Å². The van der Waals surface area contributed by atoms with E-state index < -0.39 is 0 Å². The molecular formula is C20H30N2O3. The van der Waals surface area contributed by atoms with Gasteiger partial charge in [0.1, 0.15) is 0 Å². The van der Waals surface area contributed by atoms with Crippen molar-refractivity contribution < 1.29 is 14.3 Å². The van der Waals surface area contributed by atoms with Crippen LogP contribution in [0.3, 0.4) is 0 Å². The molecule has 0 bridgehead atoms. The molecule has 2 saturated heterocycles. The first-order chi connectivity index (χ1) is 12.3. The lowest BCUT2D eigenvalue weighted by Crippen LogP contribution is -2.44. The van der Waals surface area contributed by atoms with Crippen LogP contribution in [0.5, 0.6) is 0 Å². The van der Waals surface area contributed by atoms with E-state index in [4.69, 9.17) is 4.74 Å². The molecule has 2 amide bonds. The van der Waals surface area contributed by atoms with E-state index in [1.807, 2.05) is 0 Å². The normalized spacial score (nSPS) is 32.2. The van der Waals surface area contributed by atoms with Crippen LogP contribution in [0.4, 0.5) is 0 Å². The van der Waals surface area contributed by atoms with Crippen molar-refractivity contribution in [2.24, 2.45) is 11.8 Å². The molecule has 5 heteroatoms. The van der Waals surface area contributed by atoms with Gasteiger partial charge in [0, 0.05) is 37.2 Å². The summed E-state index contributed by atoms with van der Waals surface area (Å²) in [5.41, 5.74) is 1.31. The lowest BCUT2D eigenvalue weighted by atomic mass is 9.80. The maximum atomic E-state index is 13.2. The van der Waals surface area contributed by atoms with Crippen molar-refractivity contribution in [2.45, 2.75) is 63.8 Å². The molecular weight excluding hydrogens is 316 g/mol. The molecule has 2 heterocycles. The minimum absolute atomic E-state index is 0.0776. The Hall–Kier alpha value is -1.36. The third-order valence-electron chi connectivity index (χ3n) is 6.47. The van der Waals surface area contributed by atoms with Crippen LogP contribution in [-0.4, -0.2) is 54.0 Å². The molecule has 0 spiro atoms. The number of rotatable bonds is 3. The summed E-state index contributed by atoms with van der Waals surface area (Å²) in [4.78, 5) is 29.9. The zero-order valence-corrected chi connectivity index (χ0v) is 15.1. The smallest absolute Gasteiger partial charge is 0.233 e. The van der Waals surface area contributed by atoms with E-state index in [0.29, 0.717) is 6.42 Å². The summed E-state index contributed by atoms with van der Waals surface area (Å²) in [6.45, 7) is 3.33. The molecule has 0 radical (unpaired) electrons. The van der Waals surface area contributed by atoms with Gasteiger partial charge in [-0.2, -0.15) is 0 Å². The van der Waals surface area contributed by atoms with Gasteiger partial charge >= 0.3 is 0 Å². The molecule has 3 fully saturated rings. The fourth-order valence-corrected chi connectivity index (χ4v) is 5.19. The average molecular weight is 346 g/mol. The minimum atomic E-state index is -0.135. The second-order valence-electron chi connectivity index (χ2n) is 7.97. The van der Waals surface area contributed by atoms with E-state index in [0.717, 1.165) is 71.2 Å². The molecule has 5 nitrogen and oxygen atoms in total. The van der Waals surface area contributed by atoms with Crippen LogP contribution in [0, 0.1) is 11.8 Å². The Kier molecular flexibility index (Phi) is 5.11. The second kappa shape index (κ2) is 7.48. The number of amides is 2. The first-order valence-corrected chi connectivity index (χ1v) is 10.1. The topological polar surface area (TPSA) is 49.9 Å². The maximum absolute atomic E-state index is 13.2. The van der Waals surface area contributed by atoms with E-state index in [1.165, 1.54) is 12.1 Å². The highest BCUT2D eigenvalue weighted by atomic mass is 16.5. The summed E-state index contributed by atoms with van der Waals surface area (Å²) >= 11 is 0. The first-order valence-electron chi connectivity index (χ1n) is 10.1. The van der Waals surface area contributed by atoms with Gasteiger partial charge in [0.15, 0.2) is 0 Å². The van der Waals surface area contributed by atoms with Gasteiger partial charge in [-0.3, -0.25) is 14.5 Å². The molecule has 138 valence electrons. The van der Waals surface area contributed by atoms with Gasteiger partial charge in [-0.1, -0.05) is 25.3 Å². The zero-order valence-electron chi connectivity index (χ0n) is 15.1. The van der Waals surface area contributed by atoms with Crippen LogP contribution in [0.15, 0.2) is 11.8 Å². The lowest BCUT2D eigenvalue weighted by molar-refractivity contribution is -0.143.